The van der Waals surface area contributed by atoms with Crippen LogP contribution in [0.25, 0.3) is 0 Å². The Morgan fingerprint density at radius 2 is 1.61 bits per heavy atom. The number of anilines is 5. The van der Waals surface area contributed by atoms with E-state index in [9.17, 15) is 0 Å². The maximum atomic E-state index is 6.37. The normalized spacial score (nSPS) is 14.0. The Kier molecular flexibility index (Phi) is 5.09. The Balaban J connectivity index is 1.45. The smallest absolute Gasteiger partial charge is 0.159 e. The molecule has 1 aromatic carbocycles. The van der Waals surface area contributed by atoms with Gasteiger partial charge in [-0.1, -0.05) is 0 Å². The van der Waals surface area contributed by atoms with E-state index in [0.717, 1.165) is 43.4 Å². The van der Waals surface area contributed by atoms with Crippen LogP contribution in [-0.4, -0.2) is 48.2 Å². The highest BCUT2D eigenvalue weighted by Gasteiger charge is 2.21. The maximum Gasteiger partial charge on any atom is 0.159 e. The molecule has 8 nitrogen and oxygen atoms in total. The van der Waals surface area contributed by atoms with E-state index in [0.29, 0.717) is 11.5 Å². The van der Waals surface area contributed by atoms with Crippen LogP contribution in [0, 0.1) is 0 Å². The van der Waals surface area contributed by atoms with E-state index < -0.39 is 0 Å². The molecule has 3 aromatic rings. The minimum Gasteiger partial charge on any atom is -0.497 e. The van der Waals surface area contributed by atoms with Crippen molar-refractivity contribution in [3.63, 3.8) is 0 Å². The van der Waals surface area contributed by atoms with Crippen LogP contribution in [0.3, 0.4) is 0 Å². The number of rotatable bonds is 5. The third kappa shape index (κ3) is 3.75. The number of aromatic nitrogens is 3. The molecule has 0 spiro atoms. The van der Waals surface area contributed by atoms with Crippen molar-refractivity contribution in [1.82, 2.24) is 15.0 Å². The number of nitrogens with two attached hydrogens (primary N) is 1. The number of nitrogens with zero attached hydrogens (tertiary/aromatic N) is 5. The monoisotopic (exact) mass is 377 g/mol. The fourth-order valence-electron chi connectivity index (χ4n) is 3.28. The summed E-state index contributed by atoms with van der Waals surface area (Å²) in [4.78, 5) is 17.3. The van der Waals surface area contributed by atoms with Crippen LogP contribution in [-0.2, 0) is 0 Å². The molecular weight excluding hydrogens is 354 g/mol. The fourth-order valence-corrected chi connectivity index (χ4v) is 3.28. The molecule has 28 heavy (non-hydrogen) atoms. The van der Waals surface area contributed by atoms with Crippen LogP contribution in [0.5, 0.6) is 5.75 Å². The fraction of sp³-hybridized carbons (Fsp3) is 0.250. The number of nitrogen functional groups attached to an aromatic ring is 1. The number of hydrogen-bond acceptors (Lipinski definition) is 8. The van der Waals surface area contributed by atoms with Crippen LogP contribution in [0.15, 0.2) is 55.1 Å². The van der Waals surface area contributed by atoms with Gasteiger partial charge in [0.2, 0.25) is 0 Å². The van der Waals surface area contributed by atoms with Crippen molar-refractivity contribution in [3.05, 3.63) is 55.1 Å². The molecule has 0 aliphatic carbocycles. The van der Waals surface area contributed by atoms with Gasteiger partial charge in [0.15, 0.2) is 11.6 Å². The standard InChI is InChI=1S/C20H23N7O/c1-28-17-4-2-16(3-5-17)26-10-12-27(13-11-26)20-18(21)19(23-14-24-20)25-15-6-8-22-9-7-15/h2-9,14H,10-13,21H2,1H3,(H,22,23,24,25). The van der Waals surface area contributed by atoms with Gasteiger partial charge in [0.05, 0.1) is 7.11 Å². The lowest BCUT2D eigenvalue weighted by atomic mass is 10.2. The second-order valence-electron chi connectivity index (χ2n) is 6.49. The SMILES string of the molecule is COc1ccc(N2CCN(c3ncnc(Nc4ccncc4)c3N)CC2)cc1. The molecule has 0 unspecified atom stereocenters. The van der Waals surface area contributed by atoms with E-state index in [1.807, 2.05) is 24.3 Å². The van der Waals surface area contributed by atoms with Gasteiger partial charge in [-0.05, 0) is 36.4 Å². The first-order valence-electron chi connectivity index (χ1n) is 9.16. The number of benzene rings is 1. The largest absolute Gasteiger partial charge is 0.497 e. The zero-order valence-electron chi connectivity index (χ0n) is 15.7. The Morgan fingerprint density at radius 1 is 0.929 bits per heavy atom. The van der Waals surface area contributed by atoms with E-state index >= 15 is 0 Å². The molecule has 3 N–H and O–H groups in total. The van der Waals surface area contributed by atoms with Crippen LogP contribution in [0.1, 0.15) is 0 Å². The molecular formula is C20H23N7O. The number of methoxy groups -OCH3 is 1. The molecule has 0 amide bonds. The summed E-state index contributed by atoms with van der Waals surface area (Å²) < 4.78 is 5.23. The number of piperazine rings is 1. The van der Waals surface area contributed by atoms with Crippen molar-refractivity contribution in [2.75, 3.05) is 54.1 Å². The third-order valence-electron chi connectivity index (χ3n) is 4.82. The lowest BCUT2D eigenvalue weighted by molar-refractivity contribution is 0.415. The van der Waals surface area contributed by atoms with Crippen molar-refractivity contribution in [2.24, 2.45) is 0 Å². The number of ether oxygens (including phenoxy) is 1. The topological polar surface area (TPSA) is 92.4 Å². The first-order valence-corrected chi connectivity index (χ1v) is 9.16. The second-order valence-corrected chi connectivity index (χ2v) is 6.49. The quantitative estimate of drug-likeness (QED) is 0.701. The molecule has 0 saturated carbocycles. The first kappa shape index (κ1) is 17.8. The molecule has 1 aliphatic heterocycles. The Bertz CT molecular complexity index is 910. The van der Waals surface area contributed by atoms with Crippen LogP contribution in [0.4, 0.5) is 28.7 Å². The number of nitrogens with one attached hydrogen (secondary N) is 1. The van der Waals surface area contributed by atoms with E-state index in [1.54, 1.807) is 25.8 Å². The van der Waals surface area contributed by atoms with E-state index in [1.165, 1.54) is 5.69 Å². The molecule has 1 fully saturated rings. The molecule has 0 atom stereocenters. The summed E-state index contributed by atoms with van der Waals surface area (Å²) in [6.45, 7) is 3.45. The van der Waals surface area contributed by atoms with Gasteiger partial charge < -0.3 is 25.6 Å². The molecule has 8 heteroatoms. The first-order chi connectivity index (χ1) is 13.7. The highest BCUT2D eigenvalue weighted by Crippen LogP contribution is 2.29. The Morgan fingerprint density at radius 3 is 2.29 bits per heavy atom. The van der Waals surface area contributed by atoms with Crippen LogP contribution >= 0.6 is 0 Å². The van der Waals surface area contributed by atoms with Crippen molar-refractivity contribution < 1.29 is 4.74 Å². The summed E-state index contributed by atoms with van der Waals surface area (Å²) in [5.41, 5.74) is 9.00. The van der Waals surface area contributed by atoms with Crippen molar-refractivity contribution in [3.8, 4) is 5.75 Å². The molecule has 1 aliphatic rings. The molecule has 1 saturated heterocycles. The van der Waals surface area contributed by atoms with Crippen LogP contribution in [0.2, 0.25) is 0 Å². The predicted octanol–water partition coefficient (Wildman–Crippen LogP) is 2.53. The average molecular weight is 377 g/mol. The summed E-state index contributed by atoms with van der Waals surface area (Å²) in [5.74, 6) is 2.24. The van der Waals surface area contributed by atoms with E-state index in [4.69, 9.17) is 10.5 Å². The maximum absolute atomic E-state index is 6.37. The molecule has 0 bridgehead atoms. The van der Waals surface area contributed by atoms with Crippen molar-refractivity contribution >= 4 is 28.7 Å². The lowest BCUT2D eigenvalue weighted by Gasteiger charge is -2.37. The van der Waals surface area contributed by atoms with Crippen LogP contribution < -0.4 is 25.6 Å². The Labute approximate surface area is 164 Å². The zero-order valence-corrected chi connectivity index (χ0v) is 15.7. The Hall–Kier alpha value is -3.55. The van der Waals surface area contributed by atoms with Crippen molar-refractivity contribution in [2.45, 2.75) is 0 Å². The zero-order chi connectivity index (χ0) is 19.3. The van der Waals surface area contributed by atoms with E-state index in [2.05, 4.69) is 42.2 Å². The summed E-state index contributed by atoms with van der Waals surface area (Å²) in [7, 11) is 1.68. The van der Waals surface area contributed by atoms with Gasteiger partial charge in [-0.25, -0.2) is 9.97 Å². The number of hydrogen-bond donors (Lipinski definition) is 2. The average Bonchev–Trinajstić information content (AvgIpc) is 2.76. The van der Waals surface area contributed by atoms with Gasteiger partial charge in [-0.2, -0.15) is 0 Å². The minimum absolute atomic E-state index is 0.553. The van der Waals surface area contributed by atoms with Gasteiger partial charge >= 0.3 is 0 Å². The lowest BCUT2D eigenvalue weighted by Crippen LogP contribution is -2.47. The van der Waals surface area contributed by atoms with Crippen molar-refractivity contribution in [1.29, 1.82) is 0 Å². The molecule has 2 aromatic heterocycles. The summed E-state index contributed by atoms with van der Waals surface area (Å²) in [6, 6.07) is 11.9. The van der Waals surface area contributed by atoms with Gasteiger partial charge in [-0.3, -0.25) is 4.98 Å². The molecule has 4 rings (SSSR count). The van der Waals surface area contributed by atoms with Gasteiger partial charge in [0.25, 0.3) is 0 Å². The summed E-state index contributed by atoms with van der Waals surface area (Å²) in [5, 5.41) is 3.23. The summed E-state index contributed by atoms with van der Waals surface area (Å²) >= 11 is 0. The summed E-state index contributed by atoms with van der Waals surface area (Å²) in [6.07, 6.45) is 4.99. The highest BCUT2D eigenvalue weighted by atomic mass is 16.5. The third-order valence-corrected chi connectivity index (χ3v) is 4.82. The van der Waals surface area contributed by atoms with E-state index in [-0.39, 0.29) is 0 Å². The van der Waals surface area contributed by atoms with Gasteiger partial charge in [0.1, 0.15) is 17.8 Å². The predicted molar refractivity (Wildman–Crippen MR) is 111 cm³/mol. The van der Waals surface area contributed by atoms with Gasteiger partial charge in [0, 0.05) is 49.9 Å². The molecule has 3 heterocycles. The van der Waals surface area contributed by atoms with Gasteiger partial charge in [-0.15, -0.1) is 0 Å². The minimum atomic E-state index is 0.553. The number of pyridine rings is 1. The molecule has 0 radical (unpaired) electrons. The molecule has 144 valence electrons. The second kappa shape index (κ2) is 7.99. The highest BCUT2D eigenvalue weighted by molar-refractivity contribution is 5.78.